The van der Waals surface area contributed by atoms with Crippen molar-refractivity contribution in [3.8, 4) is 0 Å². The van der Waals surface area contributed by atoms with Crippen LogP contribution >= 0.6 is 0 Å². The fourth-order valence-electron chi connectivity index (χ4n) is 3.13. The average molecular weight is 436 g/mol. The number of imidazole rings is 1. The summed E-state index contributed by atoms with van der Waals surface area (Å²) in [7, 11) is 0. The minimum atomic E-state index is -1.08. The molecule has 0 aliphatic carbocycles. The lowest BCUT2D eigenvalue weighted by Crippen LogP contribution is -2.41. The molecular formula is C19H24N4O8. The molecule has 12 nitrogen and oxygen atoms in total. The molecule has 4 atom stereocenters. The molecule has 0 bridgehead atoms. The standard InChI is InChI=1S/C19H24N4O8/c1-4-11(24)28-7-10-15(30-12(25)5-2)16(31-13(26)6-3)19(29-10)23-9-22-14-17(23)20-8-21-18(14)27/h8-10,15-16,19H,4-7H2,1-3H3,(H,20,21,27)/t10-,15-,16-,19-/m1/s1. The van der Waals surface area contributed by atoms with Crippen LogP contribution in [0.25, 0.3) is 11.2 Å². The van der Waals surface area contributed by atoms with Gasteiger partial charge in [-0.2, -0.15) is 0 Å². The van der Waals surface area contributed by atoms with Crippen LogP contribution in [0.2, 0.25) is 0 Å². The molecule has 2 aromatic heterocycles. The molecular weight excluding hydrogens is 412 g/mol. The van der Waals surface area contributed by atoms with Crippen LogP contribution in [0.3, 0.4) is 0 Å². The molecule has 1 aliphatic rings. The van der Waals surface area contributed by atoms with Crippen LogP contribution < -0.4 is 5.56 Å². The molecule has 0 amide bonds. The Morgan fingerprint density at radius 2 is 1.68 bits per heavy atom. The Kier molecular flexibility index (Phi) is 7.00. The largest absolute Gasteiger partial charge is 0.463 e. The van der Waals surface area contributed by atoms with E-state index in [-0.39, 0.29) is 37.0 Å². The molecule has 0 aromatic carbocycles. The lowest BCUT2D eigenvalue weighted by atomic mass is 10.1. The Morgan fingerprint density at radius 1 is 1.03 bits per heavy atom. The first-order valence-electron chi connectivity index (χ1n) is 9.99. The van der Waals surface area contributed by atoms with Gasteiger partial charge in [-0.3, -0.25) is 23.7 Å². The maximum absolute atomic E-state index is 12.1. The molecule has 0 unspecified atom stereocenters. The van der Waals surface area contributed by atoms with Crippen molar-refractivity contribution in [2.24, 2.45) is 0 Å². The van der Waals surface area contributed by atoms with Crippen molar-refractivity contribution < 1.29 is 33.3 Å². The van der Waals surface area contributed by atoms with Crippen LogP contribution in [0.4, 0.5) is 0 Å². The van der Waals surface area contributed by atoms with E-state index in [1.165, 1.54) is 17.2 Å². The van der Waals surface area contributed by atoms with Crippen LogP contribution in [-0.2, 0) is 33.3 Å². The van der Waals surface area contributed by atoms with Gasteiger partial charge in [0.05, 0.1) is 12.7 Å². The maximum atomic E-state index is 12.1. The molecule has 3 heterocycles. The summed E-state index contributed by atoms with van der Waals surface area (Å²) in [5.41, 5.74) is -0.195. The van der Waals surface area contributed by atoms with Crippen molar-refractivity contribution in [1.29, 1.82) is 0 Å². The van der Waals surface area contributed by atoms with E-state index in [2.05, 4.69) is 15.0 Å². The monoisotopic (exact) mass is 436 g/mol. The summed E-state index contributed by atoms with van der Waals surface area (Å²) in [6, 6.07) is 0. The fraction of sp³-hybridized carbons (Fsp3) is 0.579. The van der Waals surface area contributed by atoms with E-state index in [0.717, 1.165) is 0 Å². The molecule has 3 rings (SSSR count). The minimum Gasteiger partial charge on any atom is -0.463 e. The molecule has 1 N–H and O–H groups in total. The van der Waals surface area contributed by atoms with Crippen molar-refractivity contribution in [2.75, 3.05) is 6.61 Å². The lowest BCUT2D eigenvalue weighted by Gasteiger charge is -2.24. The molecule has 2 aromatic rings. The zero-order chi connectivity index (χ0) is 22.5. The number of hydrogen-bond donors (Lipinski definition) is 1. The summed E-state index contributed by atoms with van der Waals surface area (Å²) < 4.78 is 23.7. The van der Waals surface area contributed by atoms with Crippen molar-refractivity contribution in [1.82, 2.24) is 19.5 Å². The van der Waals surface area contributed by atoms with E-state index in [1.54, 1.807) is 20.8 Å². The smallest absolute Gasteiger partial charge is 0.306 e. The van der Waals surface area contributed by atoms with Gasteiger partial charge in [-0.15, -0.1) is 0 Å². The summed E-state index contributed by atoms with van der Waals surface area (Å²) in [5.74, 6) is -1.54. The Labute approximate surface area is 176 Å². The van der Waals surface area contributed by atoms with Gasteiger partial charge in [0.1, 0.15) is 12.7 Å². The molecule has 0 spiro atoms. The number of rotatable bonds is 8. The Balaban J connectivity index is 2.00. The third kappa shape index (κ3) is 4.74. The first kappa shape index (κ1) is 22.4. The van der Waals surface area contributed by atoms with Crippen molar-refractivity contribution >= 4 is 29.1 Å². The van der Waals surface area contributed by atoms with E-state index in [4.69, 9.17) is 18.9 Å². The number of nitrogens with one attached hydrogen (secondary N) is 1. The number of carbonyl (C=O) groups excluding carboxylic acids is 3. The highest BCUT2D eigenvalue weighted by molar-refractivity contribution is 5.71. The normalized spacial score (nSPS) is 22.9. The van der Waals surface area contributed by atoms with Crippen LogP contribution in [0.5, 0.6) is 0 Å². The first-order valence-corrected chi connectivity index (χ1v) is 9.99. The number of aromatic amines is 1. The van der Waals surface area contributed by atoms with Crippen LogP contribution in [0.15, 0.2) is 17.4 Å². The molecule has 31 heavy (non-hydrogen) atoms. The number of fused-ring (bicyclic) bond motifs is 1. The SMILES string of the molecule is CCC(=O)OC[C@H]1O[C@@H](n2cnc3c(=O)[nH]cnc32)[C@H](OC(=O)CC)[C@@H]1OC(=O)CC. The fourth-order valence-corrected chi connectivity index (χ4v) is 3.13. The summed E-state index contributed by atoms with van der Waals surface area (Å²) in [5, 5.41) is 0. The van der Waals surface area contributed by atoms with Crippen LogP contribution in [-0.4, -0.2) is 62.3 Å². The molecule has 12 heteroatoms. The first-order chi connectivity index (χ1) is 14.9. The van der Waals surface area contributed by atoms with Gasteiger partial charge in [0.25, 0.3) is 5.56 Å². The van der Waals surface area contributed by atoms with E-state index < -0.39 is 48.0 Å². The third-order valence-electron chi connectivity index (χ3n) is 4.73. The van der Waals surface area contributed by atoms with Crippen molar-refractivity contribution in [2.45, 2.75) is 64.6 Å². The predicted octanol–water partition coefficient (Wildman–Crippen LogP) is 0.614. The van der Waals surface area contributed by atoms with Crippen molar-refractivity contribution in [3.63, 3.8) is 0 Å². The second kappa shape index (κ2) is 9.69. The van der Waals surface area contributed by atoms with Gasteiger partial charge < -0.3 is 23.9 Å². The Hall–Kier alpha value is -3.28. The highest BCUT2D eigenvalue weighted by atomic mass is 16.7. The molecule has 0 radical (unpaired) electrons. The number of carbonyl (C=O) groups is 3. The molecule has 1 aliphatic heterocycles. The van der Waals surface area contributed by atoms with Gasteiger partial charge in [-0.1, -0.05) is 20.8 Å². The number of nitrogens with zero attached hydrogens (tertiary/aromatic N) is 3. The Bertz CT molecular complexity index is 1020. The molecule has 0 saturated carbocycles. The molecule has 1 fully saturated rings. The van der Waals surface area contributed by atoms with Crippen LogP contribution in [0, 0.1) is 0 Å². The average Bonchev–Trinajstić information content (AvgIpc) is 3.34. The van der Waals surface area contributed by atoms with E-state index in [0.29, 0.717) is 0 Å². The lowest BCUT2D eigenvalue weighted by molar-refractivity contribution is -0.169. The maximum Gasteiger partial charge on any atom is 0.306 e. The zero-order valence-corrected chi connectivity index (χ0v) is 17.4. The second-order valence-electron chi connectivity index (χ2n) is 6.77. The van der Waals surface area contributed by atoms with Gasteiger partial charge in [0, 0.05) is 19.3 Å². The topological polar surface area (TPSA) is 152 Å². The van der Waals surface area contributed by atoms with Gasteiger partial charge in [0.15, 0.2) is 29.6 Å². The van der Waals surface area contributed by atoms with E-state index >= 15 is 0 Å². The van der Waals surface area contributed by atoms with Gasteiger partial charge in [-0.25, -0.2) is 9.97 Å². The van der Waals surface area contributed by atoms with Crippen LogP contribution in [0.1, 0.15) is 46.3 Å². The van der Waals surface area contributed by atoms with Gasteiger partial charge >= 0.3 is 17.9 Å². The predicted molar refractivity (Wildman–Crippen MR) is 104 cm³/mol. The van der Waals surface area contributed by atoms with Gasteiger partial charge in [-0.05, 0) is 0 Å². The third-order valence-corrected chi connectivity index (χ3v) is 4.73. The number of H-pyrrole nitrogens is 1. The van der Waals surface area contributed by atoms with E-state index in [1.807, 2.05) is 0 Å². The highest BCUT2D eigenvalue weighted by Gasteiger charge is 2.51. The Morgan fingerprint density at radius 3 is 2.32 bits per heavy atom. The summed E-state index contributed by atoms with van der Waals surface area (Å²) in [4.78, 5) is 58.4. The van der Waals surface area contributed by atoms with Crippen molar-refractivity contribution in [3.05, 3.63) is 23.0 Å². The summed E-state index contributed by atoms with van der Waals surface area (Å²) >= 11 is 0. The molecule has 1 saturated heterocycles. The molecule has 168 valence electrons. The number of hydrogen-bond acceptors (Lipinski definition) is 10. The number of aromatic nitrogens is 4. The summed E-state index contributed by atoms with van der Waals surface area (Å²) in [6.07, 6.45) is -1.20. The highest BCUT2D eigenvalue weighted by Crippen LogP contribution is 2.35. The van der Waals surface area contributed by atoms with Gasteiger partial charge in [0.2, 0.25) is 0 Å². The van der Waals surface area contributed by atoms with E-state index in [9.17, 15) is 19.2 Å². The number of esters is 3. The minimum absolute atomic E-state index is 0.0645. The zero-order valence-electron chi connectivity index (χ0n) is 17.4. The quantitative estimate of drug-likeness (QED) is 0.460. The number of ether oxygens (including phenoxy) is 4. The summed E-state index contributed by atoms with van der Waals surface area (Å²) in [6.45, 7) is 4.66. The second-order valence-corrected chi connectivity index (χ2v) is 6.77.